The van der Waals surface area contributed by atoms with Gasteiger partial charge in [-0.05, 0) is 42.2 Å². The highest BCUT2D eigenvalue weighted by molar-refractivity contribution is 7.17. The number of carbonyl (C=O) groups is 2. The molecule has 0 saturated carbocycles. The molecule has 35 heavy (non-hydrogen) atoms. The van der Waals surface area contributed by atoms with E-state index in [1.165, 1.54) is 29.5 Å². The number of hydrogen-bond acceptors (Lipinski definition) is 7. The lowest BCUT2D eigenvalue weighted by Gasteiger charge is -2.33. The van der Waals surface area contributed by atoms with Crippen LogP contribution in [0, 0.1) is 21.4 Å². The number of non-ortho nitro benzene ring substituents is 1. The fraction of sp³-hybridized carbons (Fsp3) is 0.520. The molecule has 2 amide bonds. The first-order valence-corrected chi connectivity index (χ1v) is 12.7. The normalized spacial score (nSPS) is 18.5. The van der Waals surface area contributed by atoms with E-state index < -0.39 is 4.92 Å². The van der Waals surface area contributed by atoms with Crippen LogP contribution < -0.4 is 10.6 Å². The molecule has 0 radical (unpaired) electrons. The number of anilines is 2. The summed E-state index contributed by atoms with van der Waals surface area (Å²) >= 11 is 1.47. The van der Waals surface area contributed by atoms with Gasteiger partial charge in [0.05, 0.1) is 30.2 Å². The lowest BCUT2D eigenvalue weighted by molar-refractivity contribution is -0.384. The summed E-state index contributed by atoms with van der Waals surface area (Å²) in [5.41, 5.74) is 1.84. The first kappa shape index (κ1) is 25.3. The Hall–Kier alpha value is -2.82. The highest BCUT2D eigenvalue weighted by Crippen LogP contribution is 2.44. The Bertz CT molecular complexity index is 1120. The van der Waals surface area contributed by atoms with E-state index in [0.717, 1.165) is 29.7 Å². The second-order valence-electron chi connectivity index (χ2n) is 10.2. The van der Waals surface area contributed by atoms with Crippen molar-refractivity contribution in [2.45, 2.75) is 40.0 Å². The summed E-state index contributed by atoms with van der Waals surface area (Å²) in [6.07, 6.45) is 2.58. The van der Waals surface area contributed by atoms with Crippen LogP contribution in [0.15, 0.2) is 24.3 Å². The number of nitrogens with one attached hydrogen (secondary N) is 2. The monoisotopic (exact) mass is 500 g/mol. The van der Waals surface area contributed by atoms with E-state index in [1.54, 1.807) is 6.07 Å². The number of ether oxygens (including phenoxy) is 1. The van der Waals surface area contributed by atoms with E-state index in [0.29, 0.717) is 48.5 Å². The van der Waals surface area contributed by atoms with E-state index in [9.17, 15) is 19.7 Å². The predicted molar refractivity (Wildman–Crippen MR) is 136 cm³/mol. The Morgan fingerprint density at radius 3 is 2.66 bits per heavy atom. The molecule has 1 atom stereocenters. The van der Waals surface area contributed by atoms with Gasteiger partial charge in [0.15, 0.2) is 0 Å². The number of hydrogen-bond donors (Lipinski definition) is 2. The second-order valence-corrected chi connectivity index (χ2v) is 11.3. The van der Waals surface area contributed by atoms with Crippen LogP contribution in [0.3, 0.4) is 0 Å². The molecule has 1 aliphatic carbocycles. The lowest BCUT2D eigenvalue weighted by atomic mass is 9.72. The smallest absolute Gasteiger partial charge is 0.271 e. The van der Waals surface area contributed by atoms with Crippen LogP contribution in [0.25, 0.3) is 0 Å². The molecule has 2 aliphatic rings. The Kier molecular flexibility index (Phi) is 7.53. The van der Waals surface area contributed by atoms with Crippen LogP contribution >= 0.6 is 11.3 Å². The summed E-state index contributed by atoms with van der Waals surface area (Å²) in [7, 11) is 0. The van der Waals surface area contributed by atoms with Crippen molar-refractivity contribution in [3.05, 3.63) is 50.4 Å². The van der Waals surface area contributed by atoms with E-state index in [4.69, 9.17) is 4.74 Å². The molecule has 4 rings (SSSR count). The molecule has 0 unspecified atom stereocenters. The fourth-order valence-electron chi connectivity index (χ4n) is 4.67. The van der Waals surface area contributed by atoms with Gasteiger partial charge in [0, 0.05) is 35.8 Å². The maximum Gasteiger partial charge on any atom is 0.271 e. The maximum atomic E-state index is 13.4. The minimum Gasteiger partial charge on any atom is -0.379 e. The van der Waals surface area contributed by atoms with Crippen molar-refractivity contribution < 1.29 is 19.2 Å². The third kappa shape index (κ3) is 6.06. The Labute approximate surface area is 209 Å². The molecule has 1 saturated heterocycles. The van der Waals surface area contributed by atoms with Crippen molar-refractivity contribution in [2.24, 2.45) is 11.3 Å². The summed E-state index contributed by atoms with van der Waals surface area (Å²) in [6.45, 7) is 9.54. The molecule has 1 aromatic heterocycles. The zero-order valence-electron chi connectivity index (χ0n) is 20.4. The minimum absolute atomic E-state index is 0.0952. The average Bonchev–Trinajstić information content (AvgIpc) is 3.16. The molecule has 1 aromatic carbocycles. The Morgan fingerprint density at radius 1 is 1.23 bits per heavy atom. The maximum absolute atomic E-state index is 13.4. The fourth-order valence-corrected chi connectivity index (χ4v) is 6.01. The Morgan fingerprint density at radius 2 is 1.97 bits per heavy atom. The number of morpholine rings is 1. The molecule has 0 bridgehead atoms. The second kappa shape index (κ2) is 10.4. The number of nitro groups is 1. The number of nitro benzene ring substituents is 1. The number of thiophene rings is 1. The van der Waals surface area contributed by atoms with Gasteiger partial charge in [0.25, 0.3) is 11.6 Å². The molecule has 188 valence electrons. The van der Waals surface area contributed by atoms with Crippen molar-refractivity contribution in [3.8, 4) is 0 Å². The van der Waals surface area contributed by atoms with Crippen molar-refractivity contribution in [1.29, 1.82) is 0 Å². The highest BCUT2D eigenvalue weighted by Gasteiger charge is 2.34. The van der Waals surface area contributed by atoms with Gasteiger partial charge in [0.2, 0.25) is 5.91 Å². The largest absolute Gasteiger partial charge is 0.379 e. The molecular weight excluding hydrogens is 468 g/mol. The summed E-state index contributed by atoms with van der Waals surface area (Å²) in [5.74, 6) is -0.0422. The molecule has 1 fully saturated rings. The van der Waals surface area contributed by atoms with Crippen molar-refractivity contribution in [3.63, 3.8) is 0 Å². The quantitative estimate of drug-likeness (QED) is 0.451. The standard InChI is InChI=1S/C25H32N4O5S/c1-25(2,3)16-7-8-19-20(13-16)35-24(27-21(30)15-28-9-11-34-12-10-28)22(19)23(31)26-17-5-4-6-18(14-17)29(32)33/h4-6,14,16H,7-13,15H2,1-3H3,(H,26,31)(H,27,30)/t16-/m1/s1. The third-order valence-corrected chi connectivity index (χ3v) is 7.93. The minimum atomic E-state index is -0.494. The van der Waals surface area contributed by atoms with Gasteiger partial charge in [-0.1, -0.05) is 26.8 Å². The number of amides is 2. The van der Waals surface area contributed by atoms with Crippen LogP contribution in [0.5, 0.6) is 0 Å². The number of benzene rings is 1. The van der Waals surface area contributed by atoms with Crippen LogP contribution in [-0.4, -0.2) is 54.5 Å². The Balaban J connectivity index is 1.60. The van der Waals surface area contributed by atoms with Crippen molar-refractivity contribution >= 4 is 39.5 Å². The molecule has 9 nitrogen and oxygen atoms in total. The van der Waals surface area contributed by atoms with Gasteiger partial charge >= 0.3 is 0 Å². The predicted octanol–water partition coefficient (Wildman–Crippen LogP) is 4.33. The summed E-state index contributed by atoms with van der Waals surface area (Å²) < 4.78 is 5.36. The number of nitrogens with zero attached hydrogens (tertiary/aromatic N) is 2. The molecule has 0 spiro atoms. The molecule has 2 aromatic rings. The average molecular weight is 501 g/mol. The van der Waals surface area contributed by atoms with Crippen LogP contribution in [-0.2, 0) is 22.4 Å². The number of rotatable bonds is 6. The van der Waals surface area contributed by atoms with Crippen LogP contribution in [0.4, 0.5) is 16.4 Å². The van der Waals surface area contributed by atoms with E-state index in [2.05, 4.69) is 31.4 Å². The molecule has 2 heterocycles. The zero-order valence-corrected chi connectivity index (χ0v) is 21.2. The first-order valence-electron chi connectivity index (χ1n) is 11.9. The molecule has 1 aliphatic heterocycles. The van der Waals surface area contributed by atoms with E-state index >= 15 is 0 Å². The van der Waals surface area contributed by atoms with Crippen molar-refractivity contribution in [1.82, 2.24) is 4.90 Å². The van der Waals surface area contributed by atoms with Gasteiger partial charge in [-0.2, -0.15) is 0 Å². The molecule has 2 N–H and O–H groups in total. The summed E-state index contributed by atoms with van der Waals surface area (Å²) in [4.78, 5) is 40.1. The number of fused-ring (bicyclic) bond motifs is 1. The topological polar surface area (TPSA) is 114 Å². The zero-order chi connectivity index (χ0) is 25.2. The van der Waals surface area contributed by atoms with Gasteiger partial charge in [-0.3, -0.25) is 24.6 Å². The van der Waals surface area contributed by atoms with E-state index in [1.807, 2.05) is 4.90 Å². The summed E-state index contributed by atoms with van der Waals surface area (Å²) in [5, 5.41) is 17.5. The number of carbonyl (C=O) groups excluding carboxylic acids is 2. The summed E-state index contributed by atoms with van der Waals surface area (Å²) in [6, 6.07) is 5.88. The highest BCUT2D eigenvalue weighted by atomic mass is 32.1. The van der Waals surface area contributed by atoms with Gasteiger partial charge in [-0.25, -0.2) is 0 Å². The van der Waals surface area contributed by atoms with Gasteiger partial charge in [-0.15, -0.1) is 11.3 Å². The van der Waals surface area contributed by atoms with Crippen molar-refractivity contribution in [2.75, 3.05) is 43.5 Å². The van der Waals surface area contributed by atoms with Crippen LogP contribution in [0.1, 0.15) is 48.0 Å². The molecular formula is C25H32N4O5S. The van der Waals surface area contributed by atoms with Gasteiger partial charge in [0.1, 0.15) is 5.00 Å². The lowest BCUT2D eigenvalue weighted by Crippen LogP contribution is -2.41. The van der Waals surface area contributed by atoms with E-state index in [-0.39, 0.29) is 29.5 Å². The first-order chi connectivity index (χ1) is 16.6. The van der Waals surface area contributed by atoms with Gasteiger partial charge < -0.3 is 15.4 Å². The SMILES string of the molecule is CC(C)(C)[C@@H]1CCc2c(sc(NC(=O)CN3CCOCC3)c2C(=O)Nc2cccc([N+](=O)[O-])c2)C1. The third-order valence-electron chi connectivity index (χ3n) is 6.76. The van der Waals surface area contributed by atoms with Crippen LogP contribution in [0.2, 0.25) is 0 Å². The molecule has 10 heteroatoms.